The third kappa shape index (κ3) is 5.30. The number of aromatic amines is 1. The van der Waals surface area contributed by atoms with Crippen molar-refractivity contribution in [3.63, 3.8) is 0 Å². The van der Waals surface area contributed by atoms with E-state index in [-0.39, 0.29) is 5.82 Å². The molecule has 0 amide bonds. The number of anilines is 1. The van der Waals surface area contributed by atoms with Crippen LogP contribution in [0.2, 0.25) is 0 Å². The minimum absolute atomic E-state index is 0.133. The number of nitrogen functional groups attached to an aromatic ring is 1. The number of aliphatic hydroxyl groups excluding tert-OH is 4. The Hall–Kier alpha value is -2.77. The van der Waals surface area contributed by atoms with Crippen LogP contribution < -0.4 is 22.7 Å². The van der Waals surface area contributed by atoms with Crippen molar-refractivity contribution in [3.8, 4) is 0 Å². The minimum atomic E-state index is -5.39. The number of aliphatic hydroxyl groups is 4. The van der Waals surface area contributed by atoms with E-state index in [9.17, 15) is 49.2 Å². The van der Waals surface area contributed by atoms with Gasteiger partial charge in [-0.25, -0.2) is 14.2 Å². The summed E-state index contributed by atoms with van der Waals surface area (Å²) in [7, 11) is -5.39. The lowest BCUT2D eigenvalue weighted by atomic mass is 9.87. The standard InChI is InChI=1S/C18H24N5O13P/c19-7-1-3-22(17(29)20-7)15-10(26)9(6(5-24)34-15)13(36-37(31,32)33)14-11(27)12(28)16(35-14)23-4-2-8(25)21-18(23)30/h1-4,6,9-16,24,26-28H,5H2,(H2,19,20,29)(H,21,25,30)(H2,31,32,33). The average Bonchev–Trinajstić information content (AvgIpc) is 3.28. The maximum absolute atomic E-state index is 12.3. The summed E-state index contributed by atoms with van der Waals surface area (Å²) in [6, 6.07) is 2.15. The molecule has 0 bridgehead atoms. The molecule has 9 atom stereocenters. The highest BCUT2D eigenvalue weighted by Crippen LogP contribution is 2.48. The molecule has 2 aliphatic rings. The summed E-state index contributed by atoms with van der Waals surface area (Å²) < 4.78 is 29.4. The zero-order chi connectivity index (χ0) is 27.2. The van der Waals surface area contributed by atoms with Crippen LogP contribution in [0.3, 0.4) is 0 Å². The van der Waals surface area contributed by atoms with Crippen LogP contribution >= 0.6 is 7.82 Å². The van der Waals surface area contributed by atoms with Gasteiger partial charge in [0, 0.05) is 24.4 Å². The summed E-state index contributed by atoms with van der Waals surface area (Å²) >= 11 is 0. The Morgan fingerprint density at radius 1 is 1.05 bits per heavy atom. The van der Waals surface area contributed by atoms with Crippen LogP contribution in [0.1, 0.15) is 12.5 Å². The molecule has 19 heteroatoms. The van der Waals surface area contributed by atoms with Crippen LogP contribution in [0.15, 0.2) is 38.9 Å². The number of hydrogen-bond acceptors (Lipinski definition) is 13. The van der Waals surface area contributed by atoms with Crippen LogP contribution in [0.4, 0.5) is 5.82 Å². The fourth-order valence-corrected chi connectivity index (χ4v) is 5.08. The molecule has 0 aliphatic carbocycles. The predicted molar refractivity (Wildman–Crippen MR) is 118 cm³/mol. The Labute approximate surface area is 205 Å². The Balaban J connectivity index is 1.72. The SMILES string of the molecule is Nc1ccn(C2OC(CO)C(C(OP(=O)(O)O)C3OC(n4ccc(=O)[nH]c4=O)C(O)C3O)C2O)c(=O)n1. The fraction of sp³-hybridized carbons (Fsp3) is 0.556. The van der Waals surface area contributed by atoms with Crippen molar-refractivity contribution in [2.24, 2.45) is 5.92 Å². The van der Waals surface area contributed by atoms with Crippen LogP contribution in [0.5, 0.6) is 0 Å². The number of nitrogens with two attached hydrogens (primary N) is 1. The molecule has 2 aliphatic heterocycles. The van der Waals surface area contributed by atoms with Crippen molar-refractivity contribution in [2.75, 3.05) is 12.3 Å². The lowest BCUT2D eigenvalue weighted by Gasteiger charge is -2.33. The van der Waals surface area contributed by atoms with E-state index < -0.39 is 86.4 Å². The molecule has 2 aromatic heterocycles. The number of phosphoric ester groups is 1. The molecule has 2 aromatic rings. The number of H-pyrrole nitrogens is 1. The van der Waals surface area contributed by atoms with Crippen LogP contribution in [0.25, 0.3) is 0 Å². The topological polar surface area (TPSA) is 282 Å². The lowest BCUT2D eigenvalue weighted by Crippen LogP contribution is -2.50. The van der Waals surface area contributed by atoms with Gasteiger partial charge >= 0.3 is 19.2 Å². The molecule has 9 N–H and O–H groups in total. The van der Waals surface area contributed by atoms with Gasteiger partial charge in [0.15, 0.2) is 12.5 Å². The summed E-state index contributed by atoms with van der Waals surface area (Å²) in [6.45, 7) is -0.843. The highest BCUT2D eigenvalue weighted by molar-refractivity contribution is 7.46. The van der Waals surface area contributed by atoms with E-state index >= 15 is 0 Å². The third-order valence-corrected chi connectivity index (χ3v) is 6.62. The molecular weight excluding hydrogens is 525 g/mol. The second kappa shape index (κ2) is 10.2. The van der Waals surface area contributed by atoms with Crippen molar-refractivity contribution in [1.82, 2.24) is 19.1 Å². The van der Waals surface area contributed by atoms with Gasteiger partial charge in [-0.1, -0.05) is 0 Å². The number of hydrogen-bond donors (Lipinski definition) is 8. The Bertz CT molecular complexity index is 1360. The predicted octanol–water partition coefficient (Wildman–Crippen LogP) is -4.66. The van der Waals surface area contributed by atoms with Crippen LogP contribution in [0, 0.1) is 5.92 Å². The molecule has 2 fully saturated rings. The summed E-state index contributed by atoms with van der Waals surface area (Å²) in [6.07, 6.45) is -11.9. The quantitative estimate of drug-likeness (QED) is 0.151. The van der Waals surface area contributed by atoms with Gasteiger partial charge in [0.05, 0.1) is 12.7 Å². The van der Waals surface area contributed by atoms with Gasteiger partial charge in [-0.2, -0.15) is 4.98 Å². The second-order valence-electron chi connectivity index (χ2n) is 8.41. The van der Waals surface area contributed by atoms with Gasteiger partial charge in [0.25, 0.3) is 5.56 Å². The van der Waals surface area contributed by atoms with Gasteiger partial charge in [-0.3, -0.25) is 23.4 Å². The second-order valence-corrected chi connectivity index (χ2v) is 9.60. The van der Waals surface area contributed by atoms with Gasteiger partial charge in [-0.05, 0) is 6.07 Å². The molecule has 4 rings (SSSR count). The smallest absolute Gasteiger partial charge is 0.394 e. The molecule has 9 unspecified atom stereocenters. The molecule has 204 valence electrons. The molecular formula is C18H24N5O13P. The molecule has 0 radical (unpaired) electrons. The lowest BCUT2D eigenvalue weighted by molar-refractivity contribution is -0.119. The molecule has 37 heavy (non-hydrogen) atoms. The largest absolute Gasteiger partial charge is 0.469 e. The van der Waals surface area contributed by atoms with Crippen LogP contribution in [-0.2, 0) is 18.6 Å². The number of nitrogens with one attached hydrogen (secondary N) is 1. The van der Waals surface area contributed by atoms with E-state index in [1.165, 1.54) is 6.07 Å². The highest BCUT2D eigenvalue weighted by Gasteiger charge is 2.58. The number of phosphoric acid groups is 1. The van der Waals surface area contributed by atoms with Gasteiger partial charge in [0.2, 0.25) is 0 Å². The maximum atomic E-state index is 12.3. The summed E-state index contributed by atoms with van der Waals surface area (Å²) in [5.74, 6) is -1.70. The zero-order valence-electron chi connectivity index (χ0n) is 18.6. The molecule has 18 nitrogen and oxygen atoms in total. The van der Waals surface area contributed by atoms with Gasteiger partial charge in [-0.15, -0.1) is 0 Å². The highest BCUT2D eigenvalue weighted by atomic mass is 31.2. The summed E-state index contributed by atoms with van der Waals surface area (Å²) in [5.41, 5.74) is 2.73. The van der Waals surface area contributed by atoms with E-state index in [2.05, 4.69) is 4.98 Å². The Kier molecular flexibility index (Phi) is 7.50. The van der Waals surface area contributed by atoms with Gasteiger partial charge in [0.1, 0.15) is 36.3 Å². The van der Waals surface area contributed by atoms with Crippen molar-refractivity contribution >= 4 is 13.6 Å². The number of ether oxygens (including phenoxy) is 2. The van der Waals surface area contributed by atoms with E-state index in [1.54, 1.807) is 0 Å². The molecule has 0 aromatic carbocycles. The van der Waals surface area contributed by atoms with E-state index in [4.69, 9.17) is 19.7 Å². The zero-order valence-corrected chi connectivity index (χ0v) is 19.5. The summed E-state index contributed by atoms with van der Waals surface area (Å²) in [5, 5.41) is 42.2. The van der Waals surface area contributed by atoms with Crippen molar-refractivity contribution in [2.45, 2.75) is 49.1 Å². The fourth-order valence-electron chi connectivity index (χ4n) is 4.50. The Morgan fingerprint density at radius 2 is 1.70 bits per heavy atom. The number of rotatable bonds is 7. The van der Waals surface area contributed by atoms with Crippen molar-refractivity contribution < 1.29 is 48.8 Å². The number of aromatic nitrogens is 4. The monoisotopic (exact) mass is 549 g/mol. The minimum Gasteiger partial charge on any atom is -0.394 e. The average molecular weight is 549 g/mol. The van der Waals surface area contributed by atoms with E-state index in [0.29, 0.717) is 0 Å². The van der Waals surface area contributed by atoms with Crippen molar-refractivity contribution in [3.05, 3.63) is 55.8 Å². The molecule has 0 spiro atoms. The normalized spacial score (nSPS) is 33.0. The molecule has 0 saturated carbocycles. The first-order valence-corrected chi connectivity index (χ1v) is 12.2. The molecule has 4 heterocycles. The summed E-state index contributed by atoms with van der Waals surface area (Å²) in [4.78, 5) is 60.4. The van der Waals surface area contributed by atoms with Crippen LogP contribution in [-0.4, -0.2) is 92.5 Å². The van der Waals surface area contributed by atoms with Gasteiger partial charge < -0.3 is 45.4 Å². The Morgan fingerprint density at radius 3 is 2.30 bits per heavy atom. The first-order chi connectivity index (χ1) is 17.3. The first kappa shape index (κ1) is 27.3. The first-order valence-electron chi connectivity index (χ1n) is 10.7. The molecule has 2 saturated heterocycles. The van der Waals surface area contributed by atoms with E-state index in [1.807, 2.05) is 4.98 Å². The van der Waals surface area contributed by atoms with Crippen molar-refractivity contribution in [1.29, 1.82) is 0 Å². The maximum Gasteiger partial charge on any atom is 0.469 e. The third-order valence-electron chi connectivity index (χ3n) is 6.10. The van der Waals surface area contributed by atoms with E-state index in [0.717, 1.165) is 27.6 Å². The number of nitrogens with zero attached hydrogens (tertiary/aromatic N) is 3.